The Morgan fingerprint density at radius 2 is 2.14 bits per heavy atom. The molecule has 0 bridgehead atoms. The van der Waals surface area contributed by atoms with Crippen LogP contribution in [0.2, 0.25) is 0 Å². The average molecular weight is 366 g/mol. The zero-order valence-electron chi connectivity index (χ0n) is 12.5. The van der Waals surface area contributed by atoms with Crippen molar-refractivity contribution in [2.45, 2.75) is 6.42 Å². The summed E-state index contributed by atoms with van der Waals surface area (Å²) in [4.78, 5) is 16.7. The molecule has 1 aromatic heterocycles. The third-order valence-corrected chi connectivity index (χ3v) is 4.44. The largest absolute Gasteiger partial charge is 0.354 e. The number of rotatable bonds is 2. The van der Waals surface area contributed by atoms with Crippen molar-refractivity contribution in [3.63, 3.8) is 0 Å². The van der Waals surface area contributed by atoms with Crippen molar-refractivity contribution in [3.8, 4) is 0 Å². The fraction of sp³-hybridized carbons (Fsp3) is 0.312. The summed E-state index contributed by atoms with van der Waals surface area (Å²) in [7, 11) is 3.22. The molecule has 0 fully saturated rings. The van der Waals surface area contributed by atoms with Crippen LogP contribution in [-0.4, -0.2) is 43.0 Å². The first kappa shape index (κ1) is 15.2. The Kier molecular flexibility index (Phi) is 4.06. The van der Waals surface area contributed by atoms with Crippen LogP contribution in [0, 0.1) is 5.82 Å². The van der Waals surface area contributed by atoms with Crippen molar-refractivity contribution in [1.29, 1.82) is 0 Å². The maximum atomic E-state index is 14.7. The highest BCUT2D eigenvalue weighted by atomic mass is 79.9. The maximum absolute atomic E-state index is 14.7. The monoisotopic (exact) mass is 365 g/mol. The van der Waals surface area contributed by atoms with Crippen LogP contribution in [0.1, 0.15) is 22.5 Å². The molecule has 0 spiro atoms. The van der Waals surface area contributed by atoms with Crippen LogP contribution in [-0.2, 0) is 0 Å². The van der Waals surface area contributed by atoms with E-state index >= 15 is 0 Å². The first-order chi connectivity index (χ1) is 10.5. The number of aromatic amines is 1. The molecule has 4 nitrogen and oxygen atoms in total. The first-order valence-electron chi connectivity index (χ1n) is 7.11. The number of carbonyl (C=O) groups is 1. The molecule has 2 aromatic rings. The molecule has 2 heterocycles. The Labute approximate surface area is 136 Å². The fourth-order valence-corrected chi connectivity index (χ4v) is 3.18. The Morgan fingerprint density at radius 1 is 1.36 bits per heavy atom. The molecule has 0 aliphatic carbocycles. The van der Waals surface area contributed by atoms with Crippen molar-refractivity contribution in [3.05, 3.63) is 39.8 Å². The molecule has 0 radical (unpaired) electrons. The summed E-state index contributed by atoms with van der Waals surface area (Å²) < 4.78 is 15.4. The zero-order chi connectivity index (χ0) is 15.9. The van der Waals surface area contributed by atoms with E-state index in [1.165, 1.54) is 11.0 Å². The van der Waals surface area contributed by atoms with E-state index in [0.29, 0.717) is 15.4 Å². The van der Waals surface area contributed by atoms with E-state index in [4.69, 9.17) is 0 Å². The Balaban J connectivity index is 2.15. The Hall–Kier alpha value is -1.66. The molecule has 2 N–H and O–H groups in total. The smallest absolute Gasteiger partial charge is 0.256 e. The molecule has 1 aliphatic rings. The summed E-state index contributed by atoms with van der Waals surface area (Å²) in [5.41, 5.74) is 2.76. The highest BCUT2D eigenvalue weighted by Gasteiger charge is 2.20. The van der Waals surface area contributed by atoms with Crippen molar-refractivity contribution in [1.82, 2.24) is 15.2 Å². The molecule has 1 aromatic carbocycles. The standard InChI is InChI=1S/C16H17BrFN3O/c1-21(2)16(22)11-6-12(17)15-10(14(11)18)7-13(20-15)9-4-3-5-19-8-9/h4,6-7,19-20H,3,5,8H2,1-2H3. The number of fused-ring (bicyclic) bond motifs is 1. The van der Waals surface area contributed by atoms with E-state index in [2.05, 4.69) is 32.3 Å². The molecule has 116 valence electrons. The maximum Gasteiger partial charge on any atom is 0.256 e. The molecule has 3 rings (SSSR count). The van der Waals surface area contributed by atoms with Crippen LogP contribution in [0.3, 0.4) is 0 Å². The zero-order valence-corrected chi connectivity index (χ0v) is 14.1. The van der Waals surface area contributed by atoms with Crippen molar-refractivity contribution in [2.75, 3.05) is 27.2 Å². The van der Waals surface area contributed by atoms with Gasteiger partial charge in [0.05, 0.1) is 11.1 Å². The lowest BCUT2D eigenvalue weighted by Crippen LogP contribution is -2.22. The number of nitrogens with one attached hydrogen (secondary N) is 2. The number of H-pyrrole nitrogens is 1. The van der Waals surface area contributed by atoms with Gasteiger partial charge in [-0.1, -0.05) is 6.08 Å². The van der Waals surface area contributed by atoms with Gasteiger partial charge in [-0.15, -0.1) is 0 Å². The molecule has 0 saturated heterocycles. The van der Waals surface area contributed by atoms with E-state index in [9.17, 15) is 9.18 Å². The molecule has 0 atom stereocenters. The summed E-state index contributed by atoms with van der Waals surface area (Å²) in [6.45, 7) is 1.72. The molecule has 22 heavy (non-hydrogen) atoms. The van der Waals surface area contributed by atoms with Gasteiger partial charge in [0, 0.05) is 36.2 Å². The minimum atomic E-state index is -0.483. The fourth-order valence-electron chi connectivity index (χ4n) is 2.64. The number of amides is 1. The summed E-state index contributed by atoms with van der Waals surface area (Å²) in [5, 5.41) is 3.73. The van der Waals surface area contributed by atoms with E-state index in [1.807, 2.05) is 0 Å². The minimum absolute atomic E-state index is 0.0747. The third kappa shape index (κ3) is 2.57. The number of hydrogen-bond donors (Lipinski definition) is 2. The Bertz CT molecular complexity index is 779. The predicted octanol–water partition coefficient (Wildman–Crippen LogP) is 3.15. The van der Waals surface area contributed by atoms with Gasteiger partial charge in [0.15, 0.2) is 0 Å². The molecule has 6 heteroatoms. The predicted molar refractivity (Wildman–Crippen MR) is 89.4 cm³/mol. The van der Waals surface area contributed by atoms with E-state index < -0.39 is 5.82 Å². The lowest BCUT2D eigenvalue weighted by molar-refractivity contribution is 0.0823. The van der Waals surface area contributed by atoms with Gasteiger partial charge in [-0.3, -0.25) is 4.79 Å². The Morgan fingerprint density at radius 3 is 2.77 bits per heavy atom. The average Bonchev–Trinajstić information content (AvgIpc) is 2.97. The number of halogens is 2. The van der Waals surface area contributed by atoms with Gasteiger partial charge in [-0.05, 0) is 46.6 Å². The summed E-state index contributed by atoms with van der Waals surface area (Å²) in [6, 6.07) is 3.31. The van der Waals surface area contributed by atoms with E-state index in [-0.39, 0.29) is 11.5 Å². The number of nitrogens with zero attached hydrogens (tertiary/aromatic N) is 1. The molecule has 0 unspecified atom stereocenters. The van der Waals surface area contributed by atoms with Gasteiger partial charge in [0.2, 0.25) is 0 Å². The highest BCUT2D eigenvalue weighted by Crippen LogP contribution is 2.32. The highest BCUT2D eigenvalue weighted by molar-refractivity contribution is 9.10. The van der Waals surface area contributed by atoms with Gasteiger partial charge in [0.1, 0.15) is 5.82 Å². The van der Waals surface area contributed by atoms with Crippen LogP contribution >= 0.6 is 15.9 Å². The van der Waals surface area contributed by atoms with Gasteiger partial charge in [0.25, 0.3) is 5.91 Å². The topological polar surface area (TPSA) is 48.1 Å². The second-order valence-corrected chi connectivity index (χ2v) is 6.44. The normalized spacial score (nSPS) is 15.0. The number of carbonyl (C=O) groups excluding carboxylic acids is 1. The van der Waals surface area contributed by atoms with Gasteiger partial charge >= 0.3 is 0 Å². The molecular weight excluding hydrogens is 349 g/mol. The van der Waals surface area contributed by atoms with E-state index in [0.717, 1.165) is 30.8 Å². The number of aromatic nitrogens is 1. The third-order valence-electron chi connectivity index (χ3n) is 3.81. The van der Waals surface area contributed by atoms with E-state index in [1.54, 1.807) is 20.2 Å². The van der Waals surface area contributed by atoms with Crippen molar-refractivity contribution >= 4 is 38.3 Å². The van der Waals surface area contributed by atoms with Crippen molar-refractivity contribution in [2.24, 2.45) is 0 Å². The quantitative estimate of drug-likeness (QED) is 0.858. The molecular formula is C16H17BrFN3O. The lowest BCUT2D eigenvalue weighted by atomic mass is 10.1. The van der Waals surface area contributed by atoms with Crippen LogP contribution in [0.5, 0.6) is 0 Å². The summed E-state index contributed by atoms with van der Waals surface area (Å²) >= 11 is 3.43. The summed E-state index contributed by atoms with van der Waals surface area (Å²) in [5.74, 6) is -0.829. The van der Waals surface area contributed by atoms with Gasteiger partial charge in [-0.2, -0.15) is 0 Å². The number of benzene rings is 1. The first-order valence-corrected chi connectivity index (χ1v) is 7.91. The van der Waals surface area contributed by atoms with Gasteiger partial charge in [-0.25, -0.2) is 4.39 Å². The minimum Gasteiger partial charge on any atom is -0.354 e. The van der Waals surface area contributed by atoms with Crippen LogP contribution in [0.25, 0.3) is 16.5 Å². The number of hydrogen-bond acceptors (Lipinski definition) is 2. The van der Waals surface area contributed by atoms with Crippen LogP contribution in [0.4, 0.5) is 4.39 Å². The SMILES string of the molecule is CN(C)C(=O)c1cc(Br)c2[nH]c(C3=CCCNC3)cc2c1F. The van der Waals surface area contributed by atoms with Crippen molar-refractivity contribution < 1.29 is 9.18 Å². The van der Waals surface area contributed by atoms with Gasteiger partial charge < -0.3 is 15.2 Å². The second kappa shape index (κ2) is 5.85. The molecule has 0 saturated carbocycles. The summed E-state index contributed by atoms with van der Waals surface area (Å²) in [6.07, 6.45) is 3.11. The lowest BCUT2D eigenvalue weighted by Gasteiger charge is -2.12. The van der Waals surface area contributed by atoms with Crippen LogP contribution in [0.15, 0.2) is 22.7 Å². The molecule has 1 aliphatic heterocycles. The molecule has 1 amide bonds. The second-order valence-electron chi connectivity index (χ2n) is 5.59. The van der Waals surface area contributed by atoms with Crippen LogP contribution < -0.4 is 5.32 Å².